The SMILES string of the molecule is C=CCO[Si](OC)(OC)OCC=C. The minimum Gasteiger partial charge on any atom is -0.355 e. The van der Waals surface area contributed by atoms with Gasteiger partial charge in [0.1, 0.15) is 0 Å². The van der Waals surface area contributed by atoms with E-state index in [2.05, 4.69) is 13.2 Å². The average Bonchev–Trinajstić information content (AvgIpc) is 2.20. The van der Waals surface area contributed by atoms with Crippen LogP contribution in [0, 0.1) is 0 Å². The molecule has 0 bridgehead atoms. The molecule has 0 saturated carbocycles. The van der Waals surface area contributed by atoms with E-state index in [1.807, 2.05) is 0 Å². The highest BCUT2D eigenvalue weighted by molar-refractivity contribution is 6.53. The van der Waals surface area contributed by atoms with Crippen LogP contribution in [-0.4, -0.2) is 36.5 Å². The van der Waals surface area contributed by atoms with Gasteiger partial charge in [0.2, 0.25) is 0 Å². The van der Waals surface area contributed by atoms with Gasteiger partial charge < -0.3 is 17.7 Å². The predicted molar refractivity (Wildman–Crippen MR) is 52.1 cm³/mol. The maximum absolute atomic E-state index is 5.29. The van der Waals surface area contributed by atoms with E-state index in [0.717, 1.165) is 0 Å². The molecule has 0 rings (SSSR count). The fourth-order valence-corrected chi connectivity index (χ4v) is 2.05. The summed E-state index contributed by atoms with van der Waals surface area (Å²) in [6.45, 7) is 7.72. The van der Waals surface area contributed by atoms with Crippen LogP contribution in [0.2, 0.25) is 0 Å². The van der Waals surface area contributed by atoms with Crippen molar-refractivity contribution in [2.75, 3.05) is 27.4 Å². The van der Waals surface area contributed by atoms with Crippen molar-refractivity contribution in [1.82, 2.24) is 0 Å². The van der Waals surface area contributed by atoms with Crippen LogP contribution in [0.1, 0.15) is 0 Å². The van der Waals surface area contributed by atoms with E-state index < -0.39 is 9.05 Å². The smallest absolute Gasteiger partial charge is 0.355 e. The second-order valence-electron chi connectivity index (χ2n) is 2.11. The van der Waals surface area contributed by atoms with Crippen LogP contribution in [-0.2, 0) is 17.7 Å². The van der Waals surface area contributed by atoms with Gasteiger partial charge in [-0.05, 0) is 0 Å². The van der Waals surface area contributed by atoms with Gasteiger partial charge >= 0.3 is 9.05 Å². The molecular formula is C8H16O4Si. The molecule has 13 heavy (non-hydrogen) atoms. The Balaban J connectivity index is 4.11. The van der Waals surface area contributed by atoms with Crippen LogP contribution in [0.25, 0.3) is 0 Å². The van der Waals surface area contributed by atoms with Crippen molar-refractivity contribution in [3.05, 3.63) is 25.3 Å². The zero-order valence-electron chi connectivity index (χ0n) is 8.12. The van der Waals surface area contributed by atoms with Crippen molar-refractivity contribution in [3.8, 4) is 0 Å². The second kappa shape index (κ2) is 6.99. The molecule has 0 aromatic carbocycles. The average molecular weight is 204 g/mol. The quantitative estimate of drug-likeness (QED) is 0.438. The topological polar surface area (TPSA) is 36.9 Å². The third-order valence-electron chi connectivity index (χ3n) is 1.26. The van der Waals surface area contributed by atoms with Crippen LogP contribution in [0.4, 0.5) is 0 Å². The van der Waals surface area contributed by atoms with Gasteiger partial charge in [0.25, 0.3) is 0 Å². The molecule has 0 heterocycles. The first-order valence-electron chi connectivity index (χ1n) is 3.84. The third-order valence-corrected chi connectivity index (χ3v) is 3.30. The first-order valence-corrected chi connectivity index (χ1v) is 5.48. The Morgan fingerprint density at radius 1 is 1.00 bits per heavy atom. The van der Waals surface area contributed by atoms with Crippen molar-refractivity contribution in [3.63, 3.8) is 0 Å². The molecule has 0 amide bonds. The van der Waals surface area contributed by atoms with Gasteiger partial charge in [-0.2, -0.15) is 0 Å². The van der Waals surface area contributed by atoms with E-state index >= 15 is 0 Å². The van der Waals surface area contributed by atoms with E-state index in [1.54, 1.807) is 12.2 Å². The molecule has 0 aliphatic rings. The lowest BCUT2D eigenvalue weighted by Gasteiger charge is -2.23. The highest BCUT2D eigenvalue weighted by atomic mass is 28.4. The van der Waals surface area contributed by atoms with E-state index in [4.69, 9.17) is 17.7 Å². The van der Waals surface area contributed by atoms with E-state index in [1.165, 1.54) is 14.2 Å². The molecule has 0 aromatic heterocycles. The Bertz CT molecular complexity index is 142. The van der Waals surface area contributed by atoms with Crippen molar-refractivity contribution in [2.45, 2.75) is 0 Å². The highest BCUT2D eigenvalue weighted by Crippen LogP contribution is 2.08. The summed E-state index contributed by atoms with van der Waals surface area (Å²) in [5.41, 5.74) is 0. The third kappa shape index (κ3) is 4.35. The van der Waals surface area contributed by atoms with Gasteiger partial charge in [-0.15, -0.1) is 13.2 Å². The molecular weight excluding hydrogens is 188 g/mol. The van der Waals surface area contributed by atoms with Gasteiger partial charge in [-0.1, -0.05) is 12.2 Å². The molecule has 0 N–H and O–H groups in total. The fourth-order valence-electron chi connectivity index (χ4n) is 0.683. The van der Waals surface area contributed by atoms with Gasteiger partial charge in [-0.25, -0.2) is 0 Å². The van der Waals surface area contributed by atoms with E-state index in [9.17, 15) is 0 Å². The molecule has 0 atom stereocenters. The Hall–Kier alpha value is -0.463. The largest absolute Gasteiger partial charge is 0.679 e. The lowest BCUT2D eigenvalue weighted by molar-refractivity contribution is 0.00458. The zero-order chi connectivity index (χ0) is 10.2. The maximum atomic E-state index is 5.29. The van der Waals surface area contributed by atoms with Crippen LogP contribution in [0.5, 0.6) is 0 Å². The number of rotatable bonds is 8. The molecule has 0 aliphatic heterocycles. The minimum atomic E-state index is -2.93. The summed E-state index contributed by atoms with van der Waals surface area (Å²) in [5, 5.41) is 0. The van der Waals surface area contributed by atoms with Crippen molar-refractivity contribution in [2.24, 2.45) is 0 Å². The highest BCUT2D eigenvalue weighted by Gasteiger charge is 2.42. The van der Waals surface area contributed by atoms with Gasteiger partial charge in [0, 0.05) is 14.2 Å². The van der Waals surface area contributed by atoms with Crippen LogP contribution < -0.4 is 0 Å². The number of hydrogen-bond acceptors (Lipinski definition) is 4. The Morgan fingerprint density at radius 3 is 1.62 bits per heavy atom. The normalized spacial score (nSPS) is 11.2. The first kappa shape index (κ1) is 12.5. The summed E-state index contributed by atoms with van der Waals surface area (Å²) in [5.74, 6) is 0. The summed E-state index contributed by atoms with van der Waals surface area (Å²) in [6.07, 6.45) is 3.22. The molecule has 0 aliphatic carbocycles. The van der Waals surface area contributed by atoms with Crippen LogP contribution >= 0.6 is 0 Å². The van der Waals surface area contributed by atoms with Gasteiger partial charge in [0.05, 0.1) is 13.2 Å². The monoisotopic (exact) mass is 204 g/mol. The van der Waals surface area contributed by atoms with Crippen molar-refractivity contribution < 1.29 is 17.7 Å². The summed E-state index contributed by atoms with van der Waals surface area (Å²) in [6, 6.07) is 0. The lowest BCUT2D eigenvalue weighted by Crippen LogP contribution is -2.47. The molecule has 0 aromatic rings. The van der Waals surface area contributed by atoms with Crippen LogP contribution in [0.3, 0.4) is 0 Å². The maximum Gasteiger partial charge on any atom is 0.679 e. The molecule has 0 unspecified atom stereocenters. The summed E-state index contributed by atoms with van der Waals surface area (Å²) in [7, 11) is 0.0481. The number of hydrogen-bond donors (Lipinski definition) is 0. The Kier molecular flexibility index (Phi) is 6.74. The lowest BCUT2D eigenvalue weighted by atomic mass is 10.7. The van der Waals surface area contributed by atoms with Gasteiger partial charge in [0.15, 0.2) is 0 Å². The standard InChI is InChI=1S/C8H16O4Si/c1-5-7-11-13(9-3,10-4)12-8-6-2/h5-6H,1-2,7-8H2,3-4H3. The zero-order valence-corrected chi connectivity index (χ0v) is 9.12. The summed E-state index contributed by atoms with van der Waals surface area (Å²) < 4.78 is 20.7. The second-order valence-corrected chi connectivity index (χ2v) is 4.50. The fraction of sp³-hybridized carbons (Fsp3) is 0.500. The molecule has 4 nitrogen and oxygen atoms in total. The summed E-state index contributed by atoms with van der Waals surface area (Å²) >= 11 is 0. The summed E-state index contributed by atoms with van der Waals surface area (Å²) in [4.78, 5) is 0. The molecule has 0 spiro atoms. The first-order chi connectivity index (χ1) is 6.24. The van der Waals surface area contributed by atoms with Gasteiger partial charge in [-0.3, -0.25) is 0 Å². The van der Waals surface area contributed by atoms with E-state index in [0.29, 0.717) is 13.2 Å². The molecule has 76 valence electrons. The Labute approximate surface area is 80.2 Å². The minimum absolute atomic E-state index is 0.338. The molecule has 0 fully saturated rings. The van der Waals surface area contributed by atoms with Crippen molar-refractivity contribution in [1.29, 1.82) is 0 Å². The Morgan fingerprint density at radius 2 is 1.38 bits per heavy atom. The molecule has 5 heteroatoms. The van der Waals surface area contributed by atoms with E-state index in [-0.39, 0.29) is 0 Å². The predicted octanol–water partition coefficient (Wildman–Crippen LogP) is 1.12. The van der Waals surface area contributed by atoms with Crippen LogP contribution in [0.15, 0.2) is 25.3 Å². The molecule has 0 saturated heterocycles. The van der Waals surface area contributed by atoms with Crippen molar-refractivity contribution >= 4 is 9.05 Å². The molecule has 0 radical (unpaired) electrons.